The molecule has 1 N–H and O–H groups in total. The van der Waals surface area contributed by atoms with Crippen molar-refractivity contribution in [2.75, 3.05) is 0 Å². The van der Waals surface area contributed by atoms with Crippen molar-refractivity contribution < 1.29 is 9.84 Å². The number of fused-ring (bicyclic) bond motifs is 1. The number of benzene rings is 1. The van der Waals surface area contributed by atoms with Crippen LogP contribution in [0.5, 0.6) is 5.75 Å². The summed E-state index contributed by atoms with van der Waals surface area (Å²) in [6.07, 6.45) is 3.92. The van der Waals surface area contributed by atoms with Crippen LogP contribution in [0.15, 0.2) is 24.3 Å². The fraction of sp³-hybridized carbons (Fsp3) is 0.571. The van der Waals surface area contributed by atoms with E-state index < -0.39 is 0 Å². The van der Waals surface area contributed by atoms with Gasteiger partial charge in [0.2, 0.25) is 0 Å². The predicted octanol–water partition coefficient (Wildman–Crippen LogP) is 3.06. The number of aliphatic hydroxyl groups excluding tert-OH is 1. The Bertz CT molecular complexity index is 401. The lowest BCUT2D eigenvalue weighted by Gasteiger charge is -2.41. The second-order valence-electron chi connectivity index (χ2n) is 5.22. The van der Waals surface area contributed by atoms with Crippen LogP contribution in [-0.2, 0) is 0 Å². The fourth-order valence-corrected chi connectivity index (χ4v) is 3.22. The van der Waals surface area contributed by atoms with Crippen molar-refractivity contribution in [2.45, 2.75) is 44.3 Å². The van der Waals surface area contributed by atoms with E-state index in [1.165, 1.54) is 12.8 Å². The van der Waals surface area contributed by atoms with E-state index in [1.54, 1.807) is 0 Å². The highest BCUT2D eigenvalue weighted by molar-refractivity contribution is 5.38. The molecule has 1 heterocycles. The third-order valence-corrected chi connectivity index (χ3v) is 4.27. The first-order chi connectivity index (χ1) is 7.71. The highest BCUT2D eigenvalue weighted by Gasteiger charge is 2.47. The zero-order chi connectivity index (χ0) is 11.2. The van der Waals surface area contributed by atoms with Gasteiger partial charge in [0.25, 0.3) is 0 Å². The Morgan fingerprint density at radius 2 is 2.19 bits per heavy atom. The molecule has 0 bridgehead atoms. The van der Waals surface area contributed by atoms with E-state index in [1.807, 2.05) is 24.3 Å². The summed E-state index contributed by atoms with van der Waals surface area (Å²) < 4.78 is 6.20. The van der Waals surface area contributed by atoms with E-state index in [-0.39, 0.29) is 11.7 Å². The lowest BCUT2D eigenvalue weighted by molar-refractivity contribution is -0.0355. The summed E-state index contributed by atoms with van der Waals surface area (Å²) in [5.41, 5.74) is 0.848. The van der Waals surface area contributed by atoms with Gasteiger partial charge in [0.05, 0.1) is 6.10 Å². The maximum atomic E-state index is 10.2. The number of hydrogen-bond donors (Lipinski definition) is 1. The van der Waals surface area contributed by atoms with Crippen molar-refractivity contribution in [2.24, 2.45) is 5.92 Å². The van der Waals surface area contributed by atoms with Gasteiger partial charge in [-0.3, -0.25) is 0 Å². The molecule has 1 aliphatic heterocycles. The molecular weight excluding hydrogens is 200 g/mol. The number of ether oxygens (including phenoxy) is 1. The first kappa shape index (κ1) is 10.2. The highest BCUT2D eigenvalue weighted by Crippen LogP contribution is 2.49. The topological polar surface area (TPSA) is 29.5 Å². The summed E-state index contributed by atoms with van der Waals surface area (Å²) in [6, 6.07) is 7.88. The van der Waals surface area contributed by atoms with Gasteiger partial charge in [-0.15, -0.1) is 0 Å². The molecule has 0 saturated heterocycles. The first-order valence-electron chi connectivity index (χ1n) is 6.17. The SMILES string of the molecule is CC1CCCC12CC(O)c1ccccc1O2. The molecule has 2 heteroatoms. The Labute approximate surface area is 96.2 Å². The third-order valence-electron chi connectivity index (χ3n) is 4.27. The molecule has 86 valence electrons. The number of aliphatic hydroxyl groups is 1. The fourth-order valence-electron chi connectivity index (χ4n) is 3.22. The summed E-state index contributed by atoms with van der Waals surface area (Å²) in [6.45, 7) is 2.24. The Morgan fingerprint density at radius 1 is 1.38 bits per heavy atom. The molecule has 1 aromatic carbocycles. The predicted molar refractivity (Wildman–Crippen MR) is 62.4 cm³/mol. The molecule has 0 aromatic heterocycles. The lowest BCUT2D eigenvalue weighted by Crippen LogP contribution is -2.43. The normalized spacial score (nSPS) is 37.1. The molecule has 0 radical (unpaired) electrons. The van der Waals surface area contributed by atoms with Crippen LogP contribution in [0, 0.1) is 5.92 Å². The largest absolute Gasteiger partial charge is 0.487 e. The van der Waals surface area contributed by atoms with E-state index >= 15 is 0 Å². The molecule has 1 fully saturated rings. The van der Waals surface area contributed by atoms with Gasteiger partial charge in [0, 0.05) is 12.0 Å². The van der Waals surface area contributed by atoms with Gasteiger partial charge < -0.3 is 9.84 Å². The van der Waals surface area contributed by atoms with Crippen LogP contribution < -0.4 is 4.74 Å². The number of rotatable bonds is 0. The molecule has 3 unspecified atom stereocenters. The van der Waals surface area contributed by atoms with Crippen molar-refractivity contribution in [1.29, 1.82) is 0 Å². The van der Waals surface area contributed by atoms with Gasteiger partial charge in [-0.1, -0.05) is 25.1 Å². The number of para-hydroxylation sites is 1. The first-order valence-corrected chi connectivity index (χ1v) is 6.17. The molecule has 3 atom stereocenters. The summed E-state index contributed by atoms with van der Waals surface area (Å²) >= 11 is 0. The Hall–Kier alpha value is -1.02. The average Bonchev–Trinajstić information content (AvgIpc) is 2.60. The van der Waals surface area contributed by atoms with Crippen LogP contribution >= 0.6 is 0 Å². The Morgan fingerprint density at radius 3 is 2.94 bits per heavy atom. The van der Waals surface area contributed by atoms with Crippen molar-refractivity contribution >= 4 is 0 Å². The standard InChI is InChI=1S/C14H18O2/c1-10-5-4-8-14(10)9-12(15)11-6-2-3-7-13(11)16-14/h2-3,6-7,10,12,15H,4-5,8-9H2,1H3. The molecule has 16 heavy (non-hydrogen) atoms. The number of hydrogen-bond acceptors (Lipinski definition) is 2. The summed E-state index contributed by atoms with van der Waals surface area (Å²) in [7, 11) is 0. The minimum atomic E-state index is -0.356. The highest BCUT2D eigenvalue weighted by atomic mass is 16.5. The van der Waals surface area contributed by atoms with Crippen LogP contribution in [0.2, 0.25) is 0 Å². The summed E-state index contributed by atoms with van der Waals surface area (Å²) in [5.74, 6) is 1.44. The molecule has 2 nitrogen and oxygen atoms in total. The maximum absolute atomic E-state index is 10.2. The van der Waals surface area contributed by atoms with Crippen LogP contribution in [0.3, 0.4) is 0 Å². The van der Waals surface area contributed by atoms with E-state index in [0.29, 0.717) is 5.92 Å². The molecule has 1 spiro atoms. The summed E-state index contributed by atoms with van der Waals surface area (Å²) in [4.78, 5) is 0. The molecular formula is C14H18O2. The third kappa shape index (κ3) is 1.36. The van der Waals surface area contributed by atoms with Crippen LogP contribution in [0.25, 0.3) is 0 Å². The zero-order valence-electron chi connectivity index (χ0n) is 9.65. The van der Waals surface area contributed by atoms with Crippen molar-refractivity contribution in [3.05, 3.63) is 29.8 Å². The zero-order valence-corrected chi connectivity index (χ0v) is 9.65. The molecule has 1 aliphatic carbocycles. The van der Waals surface area contributed by atoms with Gasteiger partial charge in [-0.25, -0.2) is 0 Å². The van der Waals surface area contributed by atoms with Crippen molar-refractivity contribution in [3.63, 3.8) is 0 Å². The Kier molecular flexibility index (Phi) is 2.21. The second kappa shape index (κ2) is 3.49. The minimum Gasteiger partial charge on any atom is -0.487 e. The van der Waals surface area contributed by atoms with E-state index in [2.05, 4.69) is 6.92 Å². The summed E-state index contributed by atoms with van der Waals surface area (Å²) in [5, 5.41) is 10.2. The monoisotopic (exact) mass is 218 g/mol. The molecule has 0 amide bonds. The van der Waals surface area contributed by atoms with Gasteiger partial charge in [-0.2, -0.15) is 0 Å². The van der Waals surface area contributed by atoms with Gasteiger partial charge in [0.1, 0.15) is 11.4 Å². The smallest absolute Gasteiger partial charge is 0.125 e. The maximum Gasteiger partial charge on any atom is 0.125 e. The molecule has 2 aliphatic rings. The van der Waals surface area contributed by atoms with Gasteiger partial charge in [0.15, 0.2) is 0 Å². The molecule has 3 rings (SSSR count). The van der Waals surface area contributed by atoms with E-state index in [0.717, 1.165) is 24.2 Å². The van der Waals surface area contributed by atoms with Crippen LogP contribution in [0.1, 0.15) is 44.3 Å². The van der Waals surface area contributed by atoms with Crippen molar-refractivity contribution in [1.82, 2.24) is 0 Å². The van der Waals surface area contributed by atoms with Crippen LogP contribution in [-0.4, -0.2) is 10.7 Å². The molecule has 1 saturated carbocycles. The van der Waals surface area contributed by atoms with Crippen molar-refractivity contribution in [3.8, 4) is 5.75 Å². The second-order valence-corrected chi connectivity index (χ2v) is 5.22. The van der Waals surface area contributed by atoms with E-state index in [4.69, 9.17) is 4.74 Å². The quantitative estimate of drug-likeness (QED) is 0.725. The average molecular weight is 218 g/mol. The molecule has 1 aromatic rings. The van der Waals surface area contributed by atoms with Gasteiger partial charge >= 0.3 is 0 Å². The van der Waals surface area contributed by atoms with Gasteiger partial charge in [-0.05, 0) is 31.2 Å². The van der Waals surface area contributed by atoms with E-state index in [9.17, 15) is 5.11 Å². The lowest BCUT2D eigenvalue weighted by atomic mass is 9.82. The minimum absolute atomic E-state index is 0.103. The Balaban J connectivity index is 2.00. The van der Waals surface area contributed by atoms with Crippen LogP contribution in [0.4, 0.5) is 0 Å².